The number of nitrogens with one attached hydrogen (secondary N) is 2. The number of guanidine groups is 1. The molecule has 0 aliphatic carbocycles. The maximum atomic E-state index is 12.4. The van der Waals surface area contributed by atoms with E-state index in [2.05, 4.69) is 20.6 Å². The number of hydrogen-bond donors (Lipinski definition) is 4. The summed E-state index contributed by atoms with van der Waals surface area (Å²) >= 11 is 0. The van der Waals surface area contributed by atoms with E-state index in [9.17, 15) is 50.3 Å². The van der Waals surface area contributed by atoms with Crippen LogP contribution in [0.2, 0.25) is 0 Å². The molecule has 1 atom stereocenters. The first kappa shape index (κ1) is 35.0. The molecule has 0 saturated heterocycles. The zero-order chi connectivity index (χ0) is 32.1. The number of halogens is 6. The van der Waals surface area contributed by atoms with E-state index in [1.165, 1.54) is 6.07 Å². The lowest BCUT2D eigenvalue weighted by molar-refractivity contribution is -0.193. The molecule has 18 heteroatoms. The van der Waals surface area contributed by atoms with E-state index in [-0.39, 0.29) is 25.5 Å². The predicted molar refractivity (Wildman–Crippen MR) is 133 cm³/mol. The van der Waals surface area contributed by atoms with Crippen LogP contribution < -0.4 is 22.1 Å². The first-order chi connectivity index (χ1) is 19.4. The number of rotatable bonds is 10. The van der Waals surface area contributed by atoms with Gasteiger partial charge >= 0.3 is 29.9 Å². The Balaban J connectivity index is 0.000000619. The average Bonchev–Trinajstić information content (AvgIpc) is 2.90. The highest BCUT2D eigenvalue weighted by molar-refractivity contribution is 6.41. The van der Waals surface area contributed by atoms with Crippen LogP contribution in [0.1, 0.15) is 35.3 Å². The number of ketones is 2. The fraction of sp³-hybridized carbons (Fsp3) is 0.292. The molecule has 42 heavy (non-hydrogen) atoms. The van der Waals surface area contributed by atoms with Crippen molar-refractivity contribution >= 4 is 41.0 Å². The van der Waals surface area contributed by atoms with Crippen molar-refractivity contribution in [2.45, 2.75) is 31.7 Å². The number of pyridine rings is 1. The topological polar surface area (TPSA) is 196 Å². The smallest absolute Gasteiger partial charge is 0.458 e. The second-order valence-electron chi connectivity index (χ2n) is 7.84. The normalized spacial score (nSPS) is 11.6. The molecular weight excluding hydrogens is 582 g/mol. The lowest BCUT2D eigenvalue weighted by Crippen LogP contribution is -2.39. The summed E-state index contributed by atoms with van der Waals surface area (Å²) in [5.74, 6) is -8.34. The molecule has 1 heterocycles. The molecule has 2 rings (SSSR count). The Morgan fingerprint density at radius 3 is 2.10 bits per heavy atom. The highest BCUT2D eigenvalue weighted by atomic mass is 19.4. The fourth-order valence-corrected chi connectivity index (χ4v) is 2.85. The lowest BCUT2D eigenvalue weighted by atomic mass is 10.1. The molecule has 1 aromatic heterocycles. The molecule has 0 saturated carbocycles. The molecule has 0 aliphatic heterocycles. The molecule has 228 valence electrons. The largest absolute Gasteiger partial charge is 0.466 e. The van der Waals surface area contributed by atoms with Gasteiger partial charge in [-0.15, -0.1) is 0 Å². The average molecular weight is 606 g/mol. The highest BCUT2D eigenvalue weighted by Crippen LogP contribution is 2.24. The van der Waals surface area contributed by atoms with Gasteiger partial charge in [-0.3, -0.25) is 29.0 Å². The van der Waals surface area contributed by atoms with Crippen LogP contribution in [-0.2, 0) is 23.9 Å². The van der Waals surface area contributed by atoms with Gasteiger partial charge in [-0.2, -0.15) is 26.3 Å². The third-order valence-electron chi connectivity index (χ3n) is 4.60. The number of nitrogens with two attached hydrogens (primary N) is 2. The monoisotopic (exact) mass is 606 g/mol. The maximum absolute atomic E-state index is 12.4. The molecule has 2 aromatic rings. The first-order valence-electron chi connectivity index (χ1n) is 11.5. The van der Waals surface area contributed by atoms with Crippen molar-refractivity contribution in [3.8, 4) is 0 Å². The highest BCUT2D eigenvalue weighted by Gasteiger charge is 2.54. The van der Waals surface area contributed by atoms with Crippen LogP contribution in [0.25, 0.3) is 0 Å². The molecular formula is C24H24F6N6O6. The molecule has 0 aliphatic rings. The summed E-state index contributed by atoms with van der Waals surface area (Å²) < 4.78 is 71.9. The van der Waals surface area contributed by atoms with Gasteiger partial charge in [0.05, 0.1) is 31.3 Å². The zero-order valence-electron chi connectivity index (χ0n) is 21.6. The summed E-state index contributed by atoms with van der Waals surface area (Å²) in [5.41, 5.74) is 12.0. The zero-order valence-corrected chi connectivity index (χ0v) is 21.6. The number of amides is 2. The van der Waals surface area contributed by atoms with E-state index >= 15 is 0 Å². The molecule has 0 fully saturated rings. The Hall–Kier alpha value is -5.03. The molecule has 0 bridgehead atoms. The number of aromatic nitrogens is 1. The number of aliphatic imine (C=N–C) groups is 1. The summed E-state index contributed by atoms with van der Waals surface area (Å²) in [7, 11) is 0. The summed E-state index contributed by atoms with van der Waals surface area (Å²) in [4.78, 5) is 63.7. The maximum Gasteiger partial charge on any atom is 0.458 e. The minimum Gasteiger partial charge on any atom is -0.466 e. The number of alkyl halides is 6. The second kappa shape index (κ2) is 15.7. The third kappa shape index (κ3) is 12.4. The summed E-state index contributed by atoms with van der Waals surface area (Å²) in [6.45, 7) is 1.65. The number of carbonyl (C=O) groups is 5. The van der Waals surface area contributed by atoms with Gasteiger partial charge in [0.1, 0.15) is 0 Å². The van der Waals surface area contributed by atoms with Gasteiger partial charge in [0.25, 0.3) is 5.91 Å². The number of ether oxygens (including phenoxy) is 1. The number of benzene rings is 1. The Labute approximate surface area is 233 Å². The number of nitrogens with zero attached hydrogens (tertiary/aromatic N) is 2. The van der Waals surface area contributed by atoms with Crippen molar-refractivity contribution in [1.29, 1.82) is 0 Å². The van der Waals surface area contributed by atoms with Gasteiger partial charge < -0.3 is 26.8 Å². The van der Waals surface area contributed by atoms with E-state index in [4.69, 9.17) is 16.2 Å². The van der Waals surface area contributed by atoms with Gasteiger partial charge in [0, 0.05) is 18.0 Å². The van der Waals surface area contributed by atoms with Crippen LogP contribution in [0, 0.1) is 0 Å². The molecule has 12 nitrogen and oxygen atoms in total. The van der Waals surface area contributed by atoms with Gasteiger partial charge in [-0.05, 0) is 36.8 Å². The molecule has 1 unspecified atom stereocenters. The van der Waals surface area contributed by atoms with Crippen LogP contribution in [0.3, 0.4) is 0 Å². The Morgan fingerprint density at radius 2 is 1.60 bits per heavy atom. The number of carbonyl (C=O) groups excluding carboxylic acids is 5. The van der Waals surface area contributed by atoms with Crippen LogP contribution in [-0.4, -0.2) is 65.8 Å². The summed E-state index contributed by atoms with van der Waals surface area (Å²) in [6, 6.07) is 9.12. The van der Waals surface area contributed by atoms with E-state index in [0.717, 1.165) is 0 Å². The van der Waals surface area contributed by atoms with E-state index in [0.29, 0.717) is 16.8 Å². The third-order valence-corrected chi connectivity index (χ3v) is 4.60. The predicted octanol–water partition coefficient (Wildman–Crippen LogP) is 1.78. The van der Waals surface area contributed by atoms with Crippen molar-refractivity contribution in [1.82, 2.24) is 15.6 Å². The minimum absolute atomic E-state index is 0.0558. The summed E-state index contributed by atoms with van der Waals surface area (Å²) in [6.07, 6.45) is -8.46. The number of Topliss-reactive ketones (excluding diaryl/α,β-unsaturated/α-hetero) is 2. The van der Waals surface area contributed by atoms with Crippen molar-refractivity contribution in [2.24, 2.45) is 16.5 Å². The number of esters is 1. The quantitative estimate of drug-likeness (QED) is 0.102. The van der Waals surface area contributed by atoms with E-state index < -0.39 is 47.7 Å². The number of hydrogen-bond acceptors (Lipinski definition) is 8. The van der Waals surface area contributed by atoms with Crippen LogP contribution in [0.15, 0.2) is 53.8 Å². The van der Waals surface area contributed by atoms with Crippen molar-refractivity contribution in [3.05, 3.63) is 59.9 Å². The van der Waals surface area contributed by atoms with Gasteiger partial charge in [0.15, 0.2) is 5.96 Å². The summed E-state index contributed by atoms with van der Waals surface area (Å²) in [5, 5.41) is 5.24. The van der Waals surface area contributed by atoms with Crippen LogP contribution in [0.4, 0.5) is 32.0 Å². The van der Waals surface area contributed by atoms with E-state index in [1.54, 1.807) is 49.6 Å². The first-order valence-corrected chi connectivity index (χ1v) is 11.5. The van der Waals surface area contributed by atoms with Gasteiger partial charge in [-0.1, -0.05) is 12.1 Å². The van der Waals surface area contributed by atoms with Gasteiger partial charge in [0.2, 0.25) is 5.91 Å². The lowest BCUT2D eigenvalue weighted by Gasteiger charge is -2.18. The molecule has 2 amide bonds. The SMILES string of the molecule is CCOC(=O)CC(NC(=O)CNC(=O)c1cccc(N=C(N)N)c1)c1cccnc1.O=C(C(=O)C(F)(F)F)C(F)(F)F. The van der Waals surface area contributed by atoms with Crippen LogP contribution in [0.5, 0.6) is 0 Å². The Bertz CT molecular complexity index is 1270. The molecule has 0 radical (unpaired) electrons. The second-order valence-corrected chi connectivity index (χ2v) is 7.84. The molecule has 0 spiro atoms. The van der Waals surface area contributed by atoms with Crippen molar-refractivity contribution in [2.75, 3.05) is 13.2 Å². The van der Waals surface area contributed by atoms with Crippen LogP contribution >= 0.6 is 0 Å². The molecule has 1 aromatic carbocycles. The Kier molecular flexibility index (Phi) is 13.1. The standard InChI is InChI=1S/C20H24N6O4.C4F6O2/c1-2-30-18(28)10-16(14-6-4-8-23-11-14)26-17(27)12-24-19(29)13-5-3-7-15(9-13)25-20(21)22;5-3(6,7)1(11)2(12)4(8,9)10/h3-9,11,16H,2,10,12H2,1H3,(H,24,29)(H,26,27)(H4,21,22,25);. The fourth-order valence-electron chi connectivity index (χ4n) is 2.85. The van der Waals surface area contributed by atoms with Gasteiger partial charge in [-0.25, -0.2) is 4.99 Å². The van der Waals surface area contributed by atoms with Crippen molar-refractivity contribution < 1.29 is 55.1 Å². The Morgan fingerprint density at radius 1 is 0.976 bits per heavy atom. The molecule has 6 N–H and O–H groups in total. The van der Waals surface area contributed by atoms with E-state index in [1.807, 2.05) is 0 Å². The van der Waals surface area contributed by atoms with Crippen molar-refractivity contribution in [3.63, 3.8) is 0 Å². The minimum atomic E-state index is -5.77.